The molecule has 1 aromatic heterocycles. The summed E-state index contributed by atoms with van der Waals surface area (Å²) in [4.78, 5) is 14.3. The lowest BCUT2D eigenvalue weighted by Gasteiger charge is -2.05. The van der Waals surface area contributed by atoms with E-state index < -0.39 is 4.92 Å². The number of non-ortho nitro benzene ring substituents is 1. The molecule has 6 nitrogen and oxygen atoms in total. The second-order valence-electron chi connectivity index (χ2n) is 3.19. The van der Waals surface area contributed by atoms with Gasteiger partial charge in [-0.25, -0.2) is 4.98 Å². The molecule has 0 bridgehead atoms. The van der Waals surface area contributed by atoms with E-state index in [0.29, 0.717) is 11.1 Å². The number of hydrogen-bond acceptors (Lipinski definition) is 5. The van der Waals surface area contributed by atoms with Crippen LogP contribution in [0.2, 0.25) is 0 Å². The highest BCUT2D eigenvalue weighted by atomic mass is 16.6. The van der Waals surface area contributed by atoms with E-state index in [1.807, 2.05) is 6.07 Å². The van der Waals surface area contributed by atoms with Gasteiger partial charge >= 0.3 is 0 Å². The molecule has 0 aliphatic heterocycles. The third-order valence-electron chi connectivity index (χ3n) is 2.20. The van der Waals surface area contributed by atoms with E-state index in [0.717, 1.165) is 0 Å². The molecule has 0 spiro atoms. The molecule has 6 heteroatoms. The molecule has 2 rings (SSSR count). The van der Waals surface area contributed by atoms with E-state index in [1.54, 1.807) is 12.1 Å². The molecule has 0 radical (unpaired) electrons. The Morgan fingerprint density at radius 1 is 1.47 bits per heavy atom. The molecule has 1 aromatic carbocycles. The quantitative estimate of drug-likeness (QED) is 0.593. The van der Waals surface area contributed by atoms with Gasteiger partial charge in [-0.2, -0.15) is 5.26 Å². The molecule has 0 atom stereocenters. The number of benzene rings is 1. The number of ether oxygens (including phenoxy) is 1. The van der Waals surface area contributed by atoms with Crippen LogP contribution in [-0.4, -0.2) is 16.5 Å². The smallest absolute Gasteiger partial charge is 0.295 e. The Labute approximate surface area is 96.2 Å². The number of fused-ring (bicyclic) bond motifs is 1. The average Bonchev–Trinajstić information content (AvgIpc) is 2.35. The molecule has 84 valence electrons. The first-order valence-corrected chi connectivity index (χ1v) is 4.76. The fourth-order valence-electron chi connectivity index (χ4n) is 1.51. The van der Waals surface area contributed by atoms with Crippen LogP contribution in [0.1, 0.15) is 0 Å². The first kappa shape index (κ1) is 10.8. The van der Waals surface area contributed by atoms with Crippen LogP contribution < -0.4 is 4.74 Å². The van der Waals surface area contributed by atoms with Crippen molar-refractivity contribution in [1.82, 2.24) is 4.98 Å². The summed E-state index contributed by atoms with van der Waals surface area (Å²) in [6, 6.07) is 7.96. The zero-order valence-electron chi connectivity index (χ0n) is 8.66. The molecule has 0 aliphatic carbocycles. The number of nitriles is 1. The van der Waals surface area contributed by atoms with Gasteiger partial charge in [0.25, 0.3) is 5.69 Å². The number of nitrogens with zero attached hydrogens (tertiary/aromatic N) is 3. The van der Waals surface area contributed by atoms with Gasteiger partial charge in [0.1, 0.15) is 11.8 Å². The van der Waals surface area contributed by atoms with E-state index in [2.05, 4.69) is 4.98 Å². The fourth-order valence-corrected chi connectivity index (χ4v) is 1.51. The predicted molar refractivity (Wildman–Crippen MR) is 59.5 cm³/mol. The highest BCUT2D eigenvalue weighted by Gasteiger charge is 2.15. The van der Waals surface area contributed by atoms with Crippen molar-refractivity contribution in [3.63, 3.8) is 0 Å². The third kappa shape index (κ3) is 1.99. The monoisotopic (exact) mass is 229 g/mol. The molecule has 0 fully saturated rings. The molecule has 1 heterocycles. The maximum absolute atomic E-state index is 10.8. The maximum atomic E-state index is 10.8. The van der Waals surface area contributed by atoms with Crippen LogP contribution in [0.3, 0.4) is 0 Å². The minimum Gasteiger partial charge on any atom is -0.478 e. The van der Waals surface area contributed by atoms with E-state index in [-0.39, 0.29) is 17.8 Å². The van der Waals surface area contributed by atoms with Crippen LogP contribution in [-0.2, 0) is 0 Å². The van der Waals surface area contributed by atoms with Crippen molar-refractivity contribution in [3.8, 4) is 11.8 Å². The van der Waals surface area contributed by atoms with E-state index >= 15 is 0 Å². The minimum absolute atomic E-state index is 0.0788. The molecule has 0 saturated heterocycles. The Morgan fingerprint density at radius 2 is 2.29 bits per heavy atom. The lowest BCUT2D eigenvalue weighted by atomic mass is 10.2. The summed E-state index contributed by atoms with van der Waals surface area (Å²) >= 11 is 0. The van der Waals surface area contributed by atoms with Gasteiger partial charge in [0, 0.05) is 17.6 Å². The molecule has 2 aromatic rings. The van der Waals surface area contributed by atoms with Gasteiger partial charge in [0.15, 0.2) is 12.1 Å². The van der Waals surface area contributed by atoms with Crippen molar-refractivity contribution >= 4 is 16.6 Å². The number of hydrogen-bond donors (Lipinski definition) is 0. The van der Waals surface area contributed by atoms with Crippen molar-refractivity contribution in [1.29, 1.82) is 5.26 Å². The lowest BCUT2D eigenvalue weighted by molar-refractivity contribution is -0.383. The van der Waals surface area contributed by atoms with E-state index in [1.165, 1.54) is 18.3 Å². The zero-order valence-corrected chi connectivity index (χ0v) is 8.66. The van der Waals surface area contributed by atoms with Crippen molar-refractivity contribution in [3.05, 3.63) is 40.6 Å². The molecule has 0 N–H and O–H groups in total. The molecule has 0 saturated carbocycles. The number of rotatable bonds is 3. The largest absolute Gasteiger partial charge is 0.478 e. The number of pyridine rings is 1. The Kier molecular flexibility index (Phi) is 2.83. The Balaban J connectivity index is 2.63. The Morgan fingerprint density at radius 3 is 3.00 bits per heavy atom. The highest BCUT2D eigenvalue weighted by Crippen LogP contribution is 2.30. The van der Waals surface area contributed by atoms with Crippen LogP contribution in [0.25, 0.3) is 10.9 Å². The van der Waals surface area contributed by atoms with Crippen molar-refractivity contribution in [2.24, 2.45) is 0 Å². The van der Waals surface area contributed by atoms with Crippen LogP contribution in [0, 0.1) is 21.4 Å². The first-order valence-electron chi connectivity index (χ1n) is 4.76. The number of aromatic nitrogens is 1. The average molecular weight is 229 g/mol. The predicted octanol–water partition coefficient (Wildman–Crippen LogP) is 2.05. The summed E-state index contributed by atoms with van der Waals surface area (Å²) < 4.78 is 5.18. The van der Waals surface area contributed by atoms with Crippen LogP contribution in [0.5, 0.6) is 5.75 Å². The first-order chi connectivity index (χ1) is 8.24. The van der Waals surface area contributed by atoms with Gasteiger partial charge in [0.2, 0.25) is 0 Å². The molecular weight excluding hydrogens is 222 g/mol. The van der Waals surface area contributed by atoms with Crippen molar-refractivity contribution in [2.75, 3.05) is 6.61 Å². The fraction of sp³-hybridized carbons (Fsp3) is 0.0909. The van der Waals surface area contributed by atoms with Gasteiger partial charge in [-0.15, -0.1) is 0 Å². The summed E-state index contributed by atoms with van der Waals surface area (Å²) in [5.74, 6) is 0.417. The van der Waals surface area contributed by atoms with Gasteiger partial charge < -0.3 is 4.74 Å². The molecule has 0 amide bonds. The molecular formula is C11H7N3O3. The summed E-state index contributed by atoms with van der Waals surface area (Å²) in [6.45, 7) is -0.109. The van der Waals surface area contributed by atoms with Crippen molar-refractivity contribution in [2.45, 2.75) is 0 Å². The minimum atomic E-state index is -0.497. The normalized spacial score (nSPS) is 9.82. The van der Waals surface area contributed by atoms with Gasteiger partial charge in [-0.3, -0.25) is 10.1 Å². The number of nitro groups is 1. The molecule has 0 aliphatic rings. The second-order valence-corrected chi connectivity index (χ2v) is 3.19. The second kappa shape index (κ2) is 4.45. The van der Waals surface area contributed by atoms with Crippen LogP contribution >= 0.6 is 0 Å². The highest BCUT2D eigenvalue weighted by molar-refractivity contribution is 5.91. The number of nitro benzene ring substituents is 1. The van der Waals surface area contributed by atoms with Gasteiger partial charge in [-0.1, -0.05) is 0 Å². The lowest BCUT2D eigenvalue weighted by Crippen LogP contribution is -1.97. The van der Waals surface area contributed by atoms with Gasteiger partial charge in [0.05, 0.1) is 4.92 Å². The standard InChI is InChI=1S/C11H7N3O3/c12-5-7-17-10-4-3-9(14(15)16)11-8(10)2-1-6-13-11/h1-4,6H,7H2. The topological polar surface area (TPSA) is 89.0 Å². The van der Waals surface area contributed by atoms with Crippen LogP contribution in [0.15, 0.2) is 30.5 Å². The summed E-state index contributed by atoms with van der Waals surface area (Å²) in [5, 5.41) is 19.8. The summed E-state index contributed by atoms with van der Waals surface area (Å²) in [6.07, 6.45) is 1.48. The Bertz CT molecular complexity index is 619. The Hall–Kier alpha value is -2.68. The third-order valence-corrected chi connectivity index (χ3v) is 2.20. The molecule has 0 unspecified atom stereocenters. The zero-order chi connectivity index (χ0) is 12.3. The van der Waals surface area contributed by atoms with Crippen LogP contribution in [0.4, 0.5) is 5.69 Å². The van der Waals surface area contributed by atoms with E-state index in [9.17, 15) is 10.1 Å². The SMILES string of the molecule is N#CCOc1ccc([N+](=O)[O-])c2ncccc12. The molecule has 17 heavy (non-hydrogen) atoms. The summed E-state index contributed by atoms with van der Waals surface area (Å²) in [7, 11) is 0. The van der Waals surface area contributed by atoms with E-state index in [4.69, 9.17) is 10.00 Å². The maximum Gasteiger partial charge on any atom is 0.295 e. The van der Waals surface area contributed by atoms with Crippen molar-refractivity contribution < 1.29 is 9.66 Å². The van der Waals surface area contributed by atoms with Gasteiger partial charge in [-0.05, 0) is 18.2 Å². The summed E-state index contributed by atoms with van der Waals surface area (Å²) in [5.41, 5.74) is 0.179.